The molecule has 0 amide bonds. The standard InChI is InChI=1S/C18H10ClF4N3O2S/c19-15-6-3-12(18(21,22)23)8-16(15)29(27,28)25-26-17-11(9-24-26)2-1-10-7-13(20)4-5-14(10)17/h1-9,25H. The third-order valence-electron chi connectivity index (χ3n) is 4.26. The van der Waals surface area contributed by atoms with Gasteiger partial charge in [0.05, 0.1) is 16.8 Å². The van der Waals surface area contributed by atoms with Gasteiger partial charge in [0.2, 0.25) is 0 Å². The SMILES string of the molecule is O=S(=O)(Nn1ncc2ccc3cc(F)ccc3c21)c1cc(C(F)(F)F)ccc1Cl. The Morgan fingerprint density at radius 3 is 2.45 bits per heavy atom. The minimum atomic E-state index is -4.74. The number of hydrogen-bond acceptors (Lipinski definition) is 3. The van der Waals surface area contributed by atoms with Gasteiger partial charge in [0.15, 0.2) is 0 Å². The normalized spacial score (nSPS) is 12.6. The number of halogens is 5. The summed E-state index contributed by atoms with van der Waals surface area (Å²) in [5, 5.41) is 5.10. The molecular formula is C18H10ClF4N3O2S. The minimum Gasteiger partial charge on any atom is -0.207 e. The summed E-state index contributed by atoms with van der Waals surface area (Å²) in [7, 11) is -4.52. The molecule has 0 fully saturated rings. The van der Waals surface area contributed by atoms with Crippen LogP contribution in [0.3, 0.4) is 0 Å². The van der Waals surface area contributed by atoms with Gasteiger partial charge < -0.3 is 0 Å². The first-order chi connectivity index (χ1) is 13.6. The Labute approximate surface area is 166 Å². The van der Waals surface area contributed by atoms with Crippen molar-refractivity contribution in [3.63, 3.8) is 0 Å². The number of aromatic nitrogens is 2. The molecule has 0 aliphatic heterocycles. The van der Waals surface area contributed by atoms with E-state index in [1.807, 2.05) is 0 Å². The maximum atomic E-state index is 13.5. The molecule has 5 nitrogen and oxygen atoms in total. The molecule has 0 saturated carbocycles. The number of nitrogens with one attached hydrogen (secondary N) is 1. The Morgan fingerprint density at radius 2 is 1.72 bits per heavy atom. The third kappa shape index (κ3) is 3.49. The topological polar surface area (TPSA) is 64.0 Å². The van der Waals surface area contributed by atoms with Crippen LogP contribution in [0, 0.1) is 5.82 Å². The van der Waals surface area contributed by atoms with Crippen LogP contribution < -0.4 is 4.83 Å². The van der Waals surface area contributed by atoms with Crippen LogP contribution in [-0.4, -0.2) is 18.3 Å². The van der Waals surface area contributed by atoms with E-state index in [9.17, 15) is 26.0 Å². The molecule has 3 aromatic carbocycles. The van der Waals surface area contributed by atoms with Crippen molar-refractivity contribution in [1.29, 1.82) is 0 Å². The van der Waals surface area contributed by atoms with Crippen LogP contribution in [-0.2, 0) is 16.2 Å². The quantitative estimate of drug-likeness (QED) is 0.456. The fraction of sp³-hybridized carbons (Fsp3) is 0.0556. The molecule has 0 atom stereocenters. The maximum Gasteiger partial charge on any atom is 0.416 e. The predicted octanol–water partition coefficient (Wildman–Crippen LogP) is 4.93. The van der Waals surface area contributed by atoms with Gasteiger partial charge in [-0.3, -0.25) is 0 Å². The number of benzene rings is 3. The van der Waals surface area contributed by atoms with E-state index in [0.29, 0.717) is 33.8 Å². The van der Waals surface area contributed by atoms with Gasteiger partial charge in [-0.2, -0.15) is 36.3 Å². The van der Waals surface area contributed by atoms with Gasteiger partial charge in [-0.05, 0) is 41.8 Å². The molecule has 0 aliphatic carbocycles. The first-order valence-electron chi connectivity index (χ1n) is 8.02. The molecule has 29 heavy (non-hydrogen) atoms. The molecule has 0 saturated heterocycles. The van der Waals surface area contributed by atoms with E-state index in [-0.39, 0.29) is 5.02 Å². The summed E-state index contributed by atoms with van der Waals surface area (Å²) in [6.07, 6.45) is -3.37. The monoisotopic (exact) mass is 443 g/mol. The van der Waals surface area contributed by atoms with Gasteiger partial charge in [0.1, 0.15) is 16.2 Å². The molecule has 1 heterocycles. The Bertz CT molecular complexity index is 1370. The van der Waals surface area contributed by atoms with Crippen molar-refractivity contribution in [2.75, 3.05) is 4.83 Å². The molecule has 0 aliphatic rings. The van der Waals surface area contributed by atoms with Crippen molar-refractivity contribution in [2.24, 2.45) is 0 Å². The van der Waals surface area contributed by atoms with Crippen molar-refractivity contribution in [3.05, 3.63) is 71.1 Å². The minimum absolute atomic E-state index is 0.314. The highest BCUT2D eigenvalue weighted by Gasteiger charge is 2.33. The van der Waals surface area contributed by atoms with E-state index in [4.69, 9.17) is 11.6 Å². The third-order valence-corrected chi connectivity index (χ3v) is 6.04. The summed E-state index contributed by atoms with van der Waals surface area (Å²) < 4.78 is 77.9. The fourth-order valence-corrected chi connectivity index (χ4v) is 4.43. The zero-order valence-electron chi connectivity index (χ0n) is 14.2. The van der Waals surface area contributed by atoms with E-state index in [2.05, 4.69) is 9.93 Å². The van der Waals surface area contributed by atoms with Gasteiger partial charge in [-0.25, -0.2) is 4.39 Å². The van der Waals surface area contributed by atoms with Crippen LogP contribution in [0.1, 0.15) is 5.56 Å². The van der Waals surface area contributed by atoms with Gasteiger partial charge in [0.25, 0.3) is 10.0 Å². The van der Waals surface area contributed by atoms with Crippen LogP contribution in [0.4, 0.5) is 17.6 Å². The summed E-state index contributed by atoms with van der Waals surface area (Å²) >= 11 is 5.84. The highest BCUT2D eigenvalue weighted by Crippen LogP contribution is 2.34. The molecule has 0 unspecified atom stereocenters. The number of nitrogens with zero attached hydrogens (tertiary/aromatic N) is 2. The average molecular weight is 444 g/mol. The fourth-order valence-electron chi connectivity index (χ4n) is 2.94. The molecule has 1 N–H and O–H groups in total. The molecular weight excluding hydrogens is 434 g/mol. The van der Waals surface area contributed by atoms with E-state index in [1.54, 1.807) is 12.1 Å². The molecule has 0 radical (unpaired) electrons. The molecule has 0 bridgehead atoms. The van der Waals surface area contributed by atoms with Gasteiger partial charge in [-0.15, -0.1) is 0 Å². The molecule has 4 rings (SSSR count). The van der Waals surface area contributed by atoms with Crippen LogP contribution in [0.5, 0.6) is 0 Å². The molecule has 0 spiro atoms. The number of rotatable bonds is 3. The number of hydrogen-bond donors (Lipinski definition) is 1. The Balaban J connectivity index is 1.85. The van der Waals surface area contributed by atoms with Crippen molar-refractivity contribution in [3.8, 4) is 0 Å². The van der Waals surface area contributed by atoms with Crippen molar-refractivity contribution in [1.82, 2.24) is 9.89 Å². The van der Waals surface area contributed by atoms with Crippen molar-refractivity contribution >= 4 is 43.3 Å². The largest absolute Gasteiger partial charge is 0.416 e. The lowest BCUT2D eigenvalue weighted by Crippen LogP contribution is -2.25. The molecule has 1 aromatic heterocycles. The lowest BCUT2D eigenvalue weighted by Gasteiger charge is -2.13. The molecule has 11 heteroatoms. The Morgan fingerprint density at radius 1 is 1.00 bits per heavy atom. The summed E-state index contributed by atoms with van der Waals surface area (Å²) in [4.78, 5) is 2.27. The van der Waals surface area contributed by atoms with Gasteiger partial charge in [0, 0.05) is 10.8 Å². The first-order valence-corrected chi connectivity index (χ1v) is 9.88. The van der Waals surface area contributed by atoms with E-state index >= 15 is 0 Å². The summed E-state index contributed by atoms with van der Waals surface area (Å²) in [6.45, 7) is 0. The summed E-state index contributed by atoms with van der Waals surface area (Å²) in [5.74, 6) is -0.473. The highest BCUT2D eigenvalue weighted by molar-refractivity contribution is 7.92. The van der Waals surface area contributed by atoms with Gasteiger partial charge in [-0.1, -0.05) is 23.7 Å². The second-order valence-electron chi connectivity index (χ2n) is 6.16. The molecule has 150 valence electrons. The van der Waals surface area contributed by atoms with E-state index in [1.165, 1.54) is 24.4 Å². The average Bonchev–Trinajstić information content (AvgIpc) is 3.03. The smallest absolute Gasteiger partial charge is 0.207 e. The van der Waals surface area contributed by atoms with E-state index in [0.717, 1.165) is 10.9 Å². The lowest BCUT2D eigenvalue weighted by atomic mass is 10.1. The van der Waals surface area contributed by atoms with Crippen LogP contribution in [0.2, 0.25) is 5.02 Å². The van der Waals surface area contributed by atoms with Crippen LogP contribution >= 0.6 is 11.6 Å². The Hall–Kier alpha value is -2.85. The number of fused-ring (bicyclic) bond motifs is 3. The molecule has 4 aromatic rings. The second-order valence-corrected chi connectivity index (χ2v) is 8.20. The van der Waals surface area contributed by atoms with Crippen LogP contribution in [0.25, 0.3) is 21.7 Å². The second kappa shape index (κ2) is 6.60. The first kappa shape index (κ1) is 19.5. The summed E-state index contributed by atoms with van der Waals surface area (Å²) in [5.41, 5.74) is -0.845. The maximum absolute atomic E-state index is 13.5. The van der Waals surface area contributed by atoms with Crippen LogP contribution in [0.15, 0.2) is 59.6 Å². The Kier molecular flexibility index (Phi) is 4.43. The highest BCUT2D eigenvalue weighted by atomic mass is 35.5. The summed E-state index contributed by atoms with van der Waals surface area (Å²) in [6, 6.07) is 9.18. The lowest BCUT2D eigenvalue weighted by molar-refractivity contribution is -0.137. The number of alkyl halides is 3. The number of sulfonamides is 1. The predicted molar refractivity (Wildman–Crippen MR) is 100 cm³/mol. The zero-order valence-corrected chi connectivity index (χ0v) is 15.8. The zero-order chi connectivity index (χ0) is 21.0. The van der Waals surface area contributed by atoms with Crippen molar-refractivity contribution in [2.45, 2.75) is 11.1 Å². The van der Waals surface area contributed by atoms with E-state index < -0.39 is 32.5 Å². The van der Waals surface area contributed by atoms with Crippen molar-refractivity contribution < 1.29 is 26.0 Å². The van der Waals surface area contributed by atoms with Gasteiger partial charge >= 0.3 is 6.18 Å².